The van der Waals surface area contributed by atoms with Gasteiger partial charge in [-0.15, -0.1) is 0 Å². The number of hydrogen-bond acceptors (Lipinski definition) is 5. The Bertz CT molecular complexity index is 1080. The minimum atomic E-state index is -0.133. The van der Waals surface area contributed by atoms with Crippen molar-refractivity contribution in [2.75, 3.05) is 26.3 Å². The number of fused-ring (bicyclic) bond motifs is 1. The molecule has 2 N–H and O–H groups in total. The minimum absolute atomic E-state index is 0.133. The highest BCUT2D eigenvalue weighted by Crippen LogP contribution is 2.27. The molecular weight excluding hydrogens is 402 g/mol. The summed E-state index contributed by atoms with van der Waals surface area (Å²) in [5, 5.41) is 11.2. The number of aromatic amines is 1. The number of nitrogens with zero attached hydrogens (tertiary/aromatic N) is 3. The first-order valence-electron chi connectivity index (χ1n) is 11.7. The molecule has 1 amide bonds. The number of pyridine rings is 1. The Labute approximate surface area is 188 Å². The van der Waals surface area contributed by atoms with Crippen LogP contribution in [0, 0.1) is 5.92 Å². The first-order valence-corrected chi connectivity index (χ1v) is 11.7. The molecule has 2 saturated heterocycles. The lowest BCUT2D eigenvalue weighted by molar-refractivity contribution is 0.0695. The number of hydrogen-bond donors (Lipinski definition) is 2. The summed E-state index contributed by atoms with van der Waals surface area (Å²) >= 11 is 0. The van der Waals surface area contributed by atoms with E-state index in [1.807, 2.05) is 24.5 Å². The largest absolute Gasteiger partial charge is 0.381 e. The Morgan fingerprint density at radius 2 is 1.94 bits per heavy atom. The van der Waals surface area contributed by atoms with Gasteiger partial charge in [-0.1, -0.05) is 13.0 Å². The Balaban J connectivity index is 1.35. The summed E-state index contributed by atoms with van der Waals surface area (Å²) < 4.78 is 5.39. The van der Waals surface area contributed by atoms with Gasteiger partial charge in [0.25, 0.3) is 5.91 Å². The zero-order valence-electron chi connectivity index (χ0n) is 18.6. The standard InChI is InChI=1S/C25H31N5O2/c1-17-4-8-30(9-5-17)16-18-12-20(15-26-14-18)19-2-3-23-22(13-19)24(29-28-23)25(31)27-21-6-10-32-11-7-21/h2-3,12-15,17,21H,4-11,16H2,1H3,(H,27,31)(H,28,29). The summed E-state index contributed by atoms with van der Waals surface area (Å²) in [6, 6.07) is 8.45. The Morgan fingerprint density at radius 3 is 2.75 bits per heavy atom. The zero-order valence-corrected chi connectivity index (χ0v) is 18.6. The molecule has 3 aromatic rings. The van der Waals surface area contributed by atoms with Crippen LogP contribution in [-0.2, 0) is 11.3 Å². The first-order chi connectivity index (χ1) is 15.7. The molecule has 2 fully saturated rings. The number of piperidine rings is 1. The molecule has 2 aliphatic rings. The summed E-state index contributed by atoms with van der Waals surface area (Å²) in [7, 11) is 0. The molecule has 0 bridgehead atoms. The molecule has 4 heterocycles. The highest BCUT2D eigenvalue weighted by Gasteiger charge is 2.21. The smallest absolute Gasteiger partial charge is 0.272 e. The number of likely N-dealkylation sites (tertiary alicyclic amines) is 1. The van der Waals surface area contributed by atoms with E-state index < -0.39 is 0 Å². The number of aromatic nitrogens is 3. The average molecular weight is 434 g/mol. The Morgan fingerprint density at radius 1 is 1.12 bits per heavy atom. The fraction of sp³-hybridized carbons (Fsp3) is 0.480. The van der Waals surface area contributed by atoms with Crippen LogP contribution in [0.25, 0.3) is 22.0 Å². The zero-order chi connectivity index (χ0) is 21.9. The molecule has 0 aliphatic carbocycles. The fourth-order valence-electron chi connectivity index (χ4n) is 4.67. The van der Waals surface area contributed by atoms with Gasteiger partial charge in [0.2, 0.25) is 0 Å². The molecule has 2 aromatic heterocycles. The van der Waals surface area contributed by atoms with Crippen molar-refractivity contribution in [2.24, 2.45) is 5.92 Å². The van der Waals surface area contributed by atoms with Crippen molar-refractivity contribution in [1.29, 1.82) is 0 Å². The van der Waals surface area contributed by atoms with Gasteiger partial charge >= 0.3 is 0 Å². The van der Waals surface area contributed by atoms with Crippen molar-refractivity contribution in [1.82, 2.24) is 25.4 Å². The molecule has 168 valence electrons. The quantitative estimate of drug-likeness (QED) is 0.640. The van der Waals surface area contributed by atoms with E-state index in [-0.39, 0.29) is 11.9 Å². The summed E-state index contributed by atoms with van der Waals surface area (Å²) in [6.45, 7) is 6.95. The van der Waals surface area contributed by atoms with E-state index in [0.29, 0.717) is 18.9 Å². The Hall–Kier alpha value is -2.77. The molecule has 1 aromatic carbocycles. The lowest BCUT2D eigenvalue weighted by Crippen LogP contribution is -2.39. The van der Waals surface area contributed by atoms with E-state index in [1.165, 1.54) is 18.4 Å². The van der Waals surface area contributed by atoms with Crippen LogP contribution in [0.2, 0.25) is 0 Å². The monoisotopic (exact) mass is 433 g/mol. The average Bonchev–Trinajstić information content (AvgIpc) is 3.25. The van der Waals surface area contributed by atoms with Gasteiger partial charge in [-0.25, -0.2) is 0 Å². The van der Waals surface area contributed by atoms with Gasteiger partial charge in [-0.3, -0.25) is 19.8 Å². The second-order valence-electron chi connectivity index (χ2n) is 9.23. The van der Waals surface area contributed by atoms with Gasteiger partial charge in [0.15, 0.2) is 5.69 Å². The third kappa shape index (κ3) is 4.69. The van der Waals surface area contributed by atoms with E-state index in [1.54, 1.807) is 0 Å². The summed E-state index contributed by atoms with van der Waals surface area (Å²) in [6.07, 6.45) is 8.07. The normalized spacial score (nSPS) is 18.8. The molecule has 7 heteroatoms. The number of amides is 1. The third-order valence-corrected chi connectivity index (χ3v) is 6.75. The van der Waals surface area contributed by atoms with Crippen LogP contribution < -0.4 is 5.32 Å². The van der Waals surface area contributed by atoms with Crippen molar-refractivity contribution in [3.8, 4) is 11.1 Å². The second-order valence-corrected chi connectivity index (χ2v) is 9.23. The second kappa shape index (κ2) is 9.38. The van der Waals surface area contributed by atoms with Crippen LogP contribution in [0.3, 0.4) is 0 Å². The highest BCUT2D eigenvalue weighted by molar-refractivity contribution is 6.05. The molecule has 0 unspecified atom stereocenters. The van der Waals surface area contributed by atoms with E-state index in [4.69, 9.17) is 4.74 Å². The predicted octanol–water partition coefficient (Wildman–Crippen LogP) is 3.77. The maximum atomic E-state index is 12.9. The van der Waals surface area contributed by atoms with Crippen molar-refractivity contribution < 1.29 is 9.53 Å². The van der Waals surface area contributed by atoms with Gasteiger partial charge in [0.1, 0.15) is 0 Å². The van der Waals surface area contributed by atoms with Crippen molar-refractivity contribution in [3.05, 3.63) is 47.9 Å². The Kier molecular flexibility index (Phi) is 6.19. The molecule has 32 heavy (non-hydrogen) atoms. The van der Waals surface area contributed by atoms with Crippen molar-refractivity contribution >= 4 is 16.8 Å². The van der Waals surface area contributed by atoms with Crippen LogP contribution in [0.15, 0.2) is 36.7 Å². The maximum Gasteiger partial charge on any atom is 0.272 e. The SMILES string of the molecule is CC1CCN(Cc2cncc(-c3ccc4[nH]nc(C(=O)NC5CCOCC5)c4c3)c2)CC1. The van der Waals surface area contributed by atoms with E-state index in [0.717, 1.165) is 60.4 Å². The minimum Gasteiger partial charge on any atom is -0.381 e. The lowest BCUT2D eigenvalue weighted by Gasteiger charge is -2.30. The van der Waals surface area contributed by atoms with Crippen LogP contribution in [0.4, 0.5) is 0 Å². The van der Waals surface area contributed by atoms with Crippen molar-refractivity contribution in [3.63, 3.8) is 0 Å². The van der Waals surface area contributed by atoms with Crippen LogP contribution in [0.1, 0.15) is 48.7 Å². The lowest BCUT2D eigenvalue weighted by atomic mass is 9.98. The van der Waals surface area contributed by atoms with Crippen molar-refractivity contribution in [2.45, 2.75) is 45.2 Å². The van der Waals surface area contributed by atoms with Gasteiger partial charge in [0, 0.05) is 49.1 Å². The van der Waals surface area contributed by atoms with Crippen LogP contribution in [-0.4, -0.2) is 58.3 Å². The molecule has 2 aliphatic heterocycles. The van der Waals surface area contributed by atoms with Gasteiger partial charge in [0.05, 0.1) is 5.52 Å². The number of carbonyl (C=O) groups is 1. The van der Waals surface area contributed by atoms with Gasteiger partial charge in [-0.2, -0.15) is 5.10 Å². The summed E-state index contributed by atoms with van der Waals surface area (Å²) in [5.41, 5.74) is 4.63. The molecular formula is C25H31N5O2. The third-order valence-electron chi connectivity index (χ3n) is 6.75. The van der Waals surface area contributed by atoms with E-state index in [9.17, 15) is 4.79 Å². The number of nitrogens with one attached hydrogen (secondary N) is 2. The summed E-state index contributed by atoms with van der Waals surface area (Å²) in [5.74, 6) is 0.696. The first kappa shape index (κ1) is 21.1. The van der Waals surface area contributed by atoms with E-state index >= 15 is 0 Å². The highest BCUT2D eigenvalue weighted by atomic mass is 16.5. The molecule has 7 nitrogen and oxygen atoms in total. The number of rotatable bonds is 5. The fourth-order valence-corrected chi connectivity index (χ4v) is 4.67. The van der Waals surface area contributed by atoms with Crippen LogP contribution in [0.5, 0.6) is 0 Å². The molecule has 0 saturated carbocycles. The molecule has 0 radical (unpaired) electrons. The number of carbonyl (C=O) groups excluding carboxylic acids is 1. The summed E-state index contributed by atoms with van der Waals surface area (Å²) in [4.78, 5) is 19.9. The number of benzene rings is 1. The van der Waals surface area contributed by atoms with E-state index in [2.05, 4.69) is 44.5 Å². The maximum absolute atomic E-state index is 12.9. The van der Waals surface area contributed by atoms with Gasteiger partial charge in [-0.05, 0) is 74.0 Å². The van der Waals surface area contributed by atoms with Gasteiger partial charge < -0.3 is 10.1 Å². The molecule has 0 atom stereocenters. The van der Waals surface area contributed by atoms with Crippen LogP contribution >= 0.6 is 0 Å². The molecule has 0 spiro atoms. The number of H-pyrrole nitrogens is 1. The molecule has 5 rings (SSSR count). The topological polar surface area (TPSA) is 83.1 Å². The predicted molar refractivity (Wildman–Crippen MR) is 124 cm³/mol. The number of ether oxygens (including phenoxy) is 1.